The van der Waals surface area contributed by atoms with E-state index in [-0.39, 0.29) is 5.92 Å². The number of aryl methyl sites for hydroxylation is 1. The Kier molecular flexibility index (Phi) is 5.20. The maximum absolute atomic E-state index is 12.3. The van der Waals surface area contributed by atoms with E-state index in [9.17, 15) is 9.59 Å². The molecule has 0 aliphatic heterocycles. The first kappa shape index (κ1) is 16.9. The van der Waals surface area contributed by atoms with Crippen molar-refractivity contribution in [1.82, 2.24) is 10.3 Å². The first-order valence-electron chi connectivity index (χ1n) is 6.56. The van der Waals surface area contributed by atoms with Crippen LogP contribution in [-0.2, 0) is 4.79 Å². The fraction of sp³-hybridized carbons (Fsp3) is 0.357. The van der Waals surface area contributed by atoms with Crippen molar-refractivity contribution in [1.29, 1.82) is 0 Å². The lowest BCUT2D eigenvalue weighted by Crippen LogP contribution is -2.44. The van der Waals surface area contributed by atoms with Crippen LogP contribution in [0, 0.1) is 12.8 Å². The van der Waals surface area contributed by atoms with E-state index >= 15 is 0 Å². The van der Waals surface area contributed by atoms with Gasteiger partial charge < -0.3 is 10.4 Å². The summed E-state index contributed by atoms with van der Waals surface area (Å²) in [5.41, 5.74) is 0.579. The maximum atomic E-state index is 12.3. The van der Waals surface area contributed by atoms with Crippen LogP contribution in [0.15, 0.2) is 12.1 Å². The minimum atomic E-state index is -1.05. The van der Waals surface area contributed by atoms with Crippen LogP contribution in [0.1, 0.15) is 29.2 Å². The molecule has 5 nitrogen and oxygen atoms in total. The molecular formula is C14H15ClN2O3S2. The van der Waals surface area contributed by atoms with Crippen molar-refractivity contribution in [3.63, 3.8) is 0 Å². The minimum Gasteiger partial charge on any atom is -0.480 e. The van der Waals surface area contributed by atoms with E-state index in [4.69, 9.17) is 16.7 Å². The van der Waals surface area contributed by atoms with Crippen LogP contribution in [0.5, 0.6) is 0 Å². The lowest BCUT2D eigenvalue weighted by atomic mass is 10.0. The number of thiophene rings is 1. The number of thiazole rings is 1. The van der Waals surface area contributed by atoms with Gasteiger partial charge in [-0.15, -0.1) is 22.7 Å². The highest BCUT2D eigenvalue weighted by Gasteiger charge is 2.26. The van der Waals surface area contributed by atoms with Gasteiger partial charge in [0.1, 0.15) is 15.9 Å². The van der Waals surface area contributed by atoms with Gasteiger partial charge in [-0.1, -0.05) is 25.4 Å². The molecule has 0 aromatic carbocycles. The number of hydrogen-bond acceptors (Lipinski definition) is 5. The van der Waals surface area contributed by atoms with Crippen molar-refractivity contribution in [2.75, 3.05) is 0 Å². The second-order valence-corrected chi connectivity index (χ2v) is 7.78. The highest BCUT2D eigenvalue weighted by atomic mass is 35.5. The highest BCUT2D eigenvalue weighted by Crippen LogP contribution is 2.34. The second kappa shape index (κ2) is 6.76. The third-order valence-corrected chi connectivity index (χ3v) is 5.56. The zero-order valence-corrected chi connectivity index (χ0v) is 14.6. The molecule has 2 rings (SSSR count). The normalized spacial score (nSPS) is 12.4. The van der Waals surface area contributed by atoms with E-state index in [0.717, 1.165) is 4.88 Å². The zero-order chi connectivity index (χ0) is 16.4. The summed E-state index contributed by atoms with van der Waals surface area (Å²) < 4.78 is 0.652. The summed E-state index contributed by atoms with van der Waals surface area (Å²) in [5.74, 6) is -1.66. The summed E-state index contributed by atoms with van der Waals surface area (Å²) in [6, 6.07) is 2.70. The van der Waals surface area contributed by atoms with Crippen LogP contribution >= 0.6 is 34.3 Å². The summed E-state index contributed by atoms with van der Waals surface area (Å²) in [4.78, 5) is 29.2. The smallest absolute Gasteiger partial charge is 0.326 e. The lowest BCUT2D eigenvalue weighted by molar-refractivity contribution is -0.140. The summed E-state index contributed by atoms with van der Waals surface area (Å²) in [5, 5.41) is 12.4. The topological polar surface area (TPSA) is 79.3 Å². The average Bonchev–Trinajstić information content (AvgIpc) is 3.01. The van der Waals surface area contributed by atoms with Gasteiger partial charge in [0.25, 0.3) is 5.91 Å². The molecular weight excluding hydrogens is 344 g/mol. The predicted molar refractivity (Wildman–Crippen MR) is 88.9 cm³/mol. The minimum absolute atomic E-state index is 0.203. The number of aliphatic carboxylic acids is 1. The van der Waals surface area contributed by atoms with Crippen LogP contribution in [0.2, 0.25) is 4.34 Å². The first-order chi connectivity index (χ1) is 10.3. The molecule has 0 bridgehead atoms. The van der Waals surface area contributed by atoms with Gasteiger partial charge in [-0.3, -0.25) is 4.79 Å². The Labute approximate surface area is 141 Å². The third-order valence-electron chi connectivity index (χ3n) is 3.01. The summed E-state index contributed by atoms with van der Waals surface area (Å²) in [6.07, 6.45) is 0. The quantitative estimate of drug-likeness (QED) is 0.854. The molecule has 2 N–H and O–H groups in total. The molecule has 0 unspecified atom stereocenters. The number of nitrogens with zero attached hydrogens (tertiary/aromatic N) is 1. The molecule has 0 aliphatic carbocycles. The molecule has 8 heteroatoms. The maximum Gasteiger partial charge on any atom is 0.326 e. The number of carboxylic acid groups (broad SMARTS) is 1. The van der Waals surface area contributed by atoms with E-state index in [2.05, 4.69) is 10.3 Å². The number of halogens is 1. The molecule has 2 heterocycles. The Hall–Kier alpha value is -1.44. The Morgan fingerprint density at radius 1 is 1.32 bits per heavy atom. The summed E-state index contributed by atoms with van der Waals surface area (Å²) >= 11 is 8.53. The van der Waals surface area contributed by atoms with Crippen LogP contribution in [0.3, 0.4) is 0 Å². The molecule has 0 aliphatic rings. The molecule has 0 saturated heterocycles. The monoisotopic (exact) mass is 358 g/mol. The largest absolute Gasteiger partial charge is 0.480 e. The fourth-order valence-corrected chi connectivity index (χ4v) is 3.93. The van der Waals surface area contributed by atoms with E-state index in [1.807, 2.05) is 6.07 Å². The second-order valence-electron chi connectivity index (χ2n) is 5.07. The van der Waals surface area contributed by atoms with E-state index in [1.54, 1.807) is 26.8 Å². The molecule has 0 radical (unpaired) electrons. The summed E-state index contributed by atoms with van der Waals surface area (Å²) in [6.45, 7) is 5.23. The zero-order valence-electron chi connectivity index (χ0n) is 12.2. The molecule has 1 amide bonds. The molecule has 118 valence electrons. The number of hydrogen-bond donors (Lipinski definition) is 2. The number of carboxylic acids is 1. The van der Waals surface area contributed by atoms with Gasteiger partial charge in [0, 0.05) is 0 Å². The van der Waals surface area contributed by atoms with Crippen LogP contribution in [0.4, 0.5) is 0 Å². The SMILES string of the molecule is Cc1nc(-c2ccc(Cl)s2)sc1C(=O)N[C@H](C(=O)O)C(C)C. The Morgan fingerprint density at radius 3 is 2.50 bits per heavy atom. The molecule has 2 aromatic heterocycles. The van der Waals surface area contributed by atoms with Gasteiger partial charge in [0.2, 0.25) is 0 Å². The molecule has 1 atom stereocenters. The van der Waals surface area contributed by atoms with Crippen molar-refractivity contribution in [3.05, 3.63) is 27.0 Å². The number of carbonyl (C=O) groups is 2. The number of nitrogens with one attached hydrogen (secondary N) is 1. The molecule has 0 spiro atoms. The Morgan fingerprint density at radius 2 is 2.00 bits per heavy atom. The van der Waals surface area contributed by atoms with Gasteiger partial charge in [-0.05, 0) is 25.0 Å². The van der Waals surface area contributed by atoms with Crippen molar-refractivity contribution < 1.29 is 14.7 Å². The first-order valence-corrected chi connectivity index (χ1v) is 8.57. The predicted octanol–water partition coefficient (Wildman–Crippen LogP) is 3.67. The highest BCUT2D eigenvalue weighted by molar-refractivity contribution is 7.24. The molecule has 22 heavy (non-hydrogen) atoms. The number of aromatic nitrogens is 1. The van der Waals surface area contributed by atoms with Crippen molar-refractivity contribution in [2.45, 2.75) is 26.8 Å². The molecule has 0 saturated carbocycles. The number of rotatable bonds is 5. The summed E-state index contributed by atoms with van der Waals surface area (Å²) in [7, 11) is 0. The third kappa shape index (κ3) is 3.66. The van der Waals surface area contributed by atoms with E-state index in [1.165, 1.54) is 22.7 Å². The Bertz CT molecular complexity index is 709. The van der Waals surface area contributed by atoms with Gasteiger partial charge in [-0.25, -0.2) is 9.78 Å². The van der Waals surface area contributed by atoms with E-state index < -0.39 is 17.9 Å². The van der Waals surface area contributed by atoms with Crippen LogP contribution in [0.25, 0.3) is 9.88 Å². The molecule has 2 aromatic rings. The van der Waals surface area contributed by atoms with Gasteiger partial charge >= 0.3 is 5.97 Å². The van der Waals surface area contributed by atoms with Crippen molar-refractivity contribution in [3.8, 4) is 9.88 Å². The van der Waals surface area contributed by atoms with Gasteiger partial charge in [-0.2, -0.15) is 0 Å². The Balaban J connectivity index is 2.24. The van der Waals surface area contributed by atoms with Crippen molar-refractivity contribution in [2.24, 2.45) is 5.92 Å². The van der Waals surface area contributed by atoms with Gasteiger partial charge in [0.15, 0.2) is 0 Å². The van der Waals surface area contributed by atoms with Crippen molar-refractivity contribution >= 4 is 46.2 Å². The van der Waals surface area contributed by atoms with E-state index in [0.29, 0.717) is 19.9 Å². The van der Waals surface area contributed by atoms with Crippen LogP contribution in [-0.4, -0.2) is 28.0 Å². The molecule has 0 fully saturated rings. The average molecular weight is 359 g/mol. The standard InChI is InChI=1S/C14H15ClN2O3S2/c1-6(2)10(14(19)20)17-12(18)11-7(3)16-13(22-11)8-4-5-9(15)21-8/h4-6,10H,1-3H3,(H,17,18)(H,19,20)/t10-/m0/s1. The number of amides is 1. The lowest BCUT2D eigenvalue weighted by Gasteiger charge is -2.17. The number of carbonyl (C=O) groups excluding carboxylic acids is 1. The van der Waals surface area contributed by atoms with Gasteiger partial charge in [0.05, 0.1) is 14.9 Å². The van der Waals surface area contributed by atoms with Crippen LogP contribution < -0.4 is 5.32 Å². The fourth-order valence-electron chi connectivity index (χ4n) is 1.86.